The summed E-state index contributed by atoms with van der Waals surface area (Å²) in [4.78, 5) is 0. The van der Waals surface area contributed by atoms with Gasteiger partial charge in [-0.1, -0.05) is 13.3 Å². The lowest BCUT2D eigenvalue weighted by Crippen LogP contribution is -2.03. The van der Waals surface area contributed by atoms with Crippen molar-refractivity contribution in [3.63, 3.8) is 0 Å². The van der Waals surface area contributed by atoms with E-state index >= 15 is 0 Å². The van der Waals surface area contributed by atoms with Crippen molar-refractivity contribution >= 4 is 0 Å². The number of rotatable bonds is 7. The van der Waals surface area contributed by atoms with Crippen LogP contribution in [0, 0.1) is 5.92 Å². The first-order chi connectivity index (χ1) is 7.79. The molecule has 90 valence electrons. The standard InChI is InChI=1S/C13H21NO2/c1-2-3-13(15)12-6-7-14(8-12)10-16-9-11-4-5-11/h6-8,11,13,15H,2-5,9-10H2,1H3. The van der Waals surface area contributed by atoms with Crippen LogP contribution >= 0.6 is 0 Å². The molecule has 1 aromatic rings. The summed E-state index contributed by atoms with van der Waals surface area (Å²) < 4.78 is 7.57. The van der Waals surface area contributed by atoms with Crippen LogP contribution in [0.3, 0.4) is 0 Å². The Labute approximate surface area is 97.0 Å². The zero-order valence-electron chi connectivity index (χ0n) is 9.93. The van der Waals surface area contributed by atoms with Crippen molar-refractivity contribution in [2.45, 2.75) is 45.4 Å². The van der Waals surface area contributed by atoms with Crippen LogP contribution in [-0.2, 0) is 11.5 Å². The van der Waals surface area contributed by atoms with Gasteiger partial charge in [0, 0.05) is 12.4 Å². The Hall–Kier alpha value is -0.800. The summed E-state index contributed by atoms with van der Waals surface area (Å²) in [5, 5.41) is 9.80. The number of ether oxygens (including phenoxy) is 1. The molecule has 1 aliphatic rings. The smallest absolute Gasteiger partial charge is 0.122 e. The van der Waals surface area contributed by atoms with Crippen LogP contribution in [0.25, 0.3) is 0 Å². The van der Waals surface area contributed by atoms with Gasteiger partial charge in [0.25, 0.3) is 0 Å². The predicted octanol–water partition coefficient (Wildman–Crippen LogP) is 2.71. The predicted molar refractivity (Wildman–Crippen MR) is 63.0 cm³/mol. The molecule has 1 saturated carbocycles. The zero-order chi connectivity index (χ0) is 11.4. The van der Waals surface area contributed by atoms with Crippen LogP contribution in [0.1, 0.15) is 44.3 Å². The van der Waals surface area contributed by atoms with Gasteiger partial charge in [0.2, 0.25) is 0 Å². The molecule has 1 aromatic heterocycles. The van der Waals surface area contributed by atoms with E-state index in [0.29, 0.717) is 6.73 Å². The molecule has 1 atom stereocenters. The Morgan fingerprint density at radius 1 is 1.56 bits per heavy atom. The van der Waals surface area contributed by atoms with Gasteiger partial charge in [-0.2, -0.15) is 0 Å². The van der Waals surface area contributed by atoms with Crippen molar-refractivity contribution in [2.75, 3.05) is 6.61 Å². The largest absolute Gasteiger partial charge is 0.388 e. The lowest BCUT2D eigenvalue weighted by atomic mass is 10.1. The second-order valence-electron chi connectivity index (χ2n) is 4.71. The molecule has 1 fully saturated rings. The molecule has 0 spiro atoms. The maximum absolute atomic E-state index is 9.80. The van der Waals surface area contributed by atoms with Crippen LogP contribution < -0.4 is 0 Å². The molecule has 1 heterocycles. The third kappa shape index (κ3) is 3.35. The molecule has 0 radical (unpaired) electrons. The van der Waals surface area contributed by atoms with Gasteiger partial charge < -0.3 is 14.4 Å². The van der Waals surface area contributed by atoms with Crippen LogP contribution in [0.4, 0.5) is 0 Å². The zero-order valence-corrected chi connectivity index (χ0v) is 9.93. The Morgan fingerprint density at radius 2 is 2.38 bits per heavy atom. The number of aromatic nitrogens is 1. The summed E-state index contributed by atoms with van der Waals surface area (Å²) in [6.45, 7) is 3.57. The number of hydrogen-bond acceptors (Lipinski definition) is 2. The maximum Gasteiger partial charge on any atom is 0.122 e. The highest BCUT2D eigenvalue weighted by molar-refractivity contribution is 5.13. The minimum Gasteiger partial charge on any atom is -0.388 e. The van der Waals surface area contributed by atoms with Gasteiger partial charge >= 0.3 is 0 Å². The van der Waals surface area contributed by atoms with Crippen molar-refractivity contribution in [3.8, 4) is 0 Å². The molecule has 1 N–H and O–H groups in total. The van der Waals surface area contributed by atoms with Crippen LogP contribution in [0.15, 0.2) is 18.5 Å². The van der Waals surface area contributed by atoms with Gasteiger partial charge in [0.05, 0.1) is 12.7 Å². The lowest BCUT2D eigenvalue weighted by molar-refractivity contribution is 0.0689. The fraction of sp³-hybridized carbons (Fsp3) is 0.692. The van der Waals surface area contributed by atoms with E-state index in [1.807, 2.05) is 23.0 Å². The van der Waals surface area contributed by atoms with Crippen molar-refractivity contribution < 1.29 is 9.84 Å². The monoisotopic (exact) mass is 223 g/mol. The fourth-order valence-electron chi connectivity index (χ4n) is 1.79. The van der Waals surface area contributed by atoms with Gasteiger partial charge in [-0.3, -0.25) is 0 Å². The van der Waals surface area contributed by atoms with Crippen molar-refractivity contribution in [1.29, 1.82) is 0 Å². The average molecular weight is 223 g/mol. The second-order valence-corrected chi connectivity index (χ2v) is 4.71. The van der Waals surface area contributed by atoms with Crippen LogP contribution in [0.5, 0.6) is 0 Å². The third-order valence-electron chi connectivity index (χ3n) is 3.01. The molecule has 2 rings (SSSR count). The Morgan fingerprint density at radius 3 is 3.06 bits per heavy atom. The van der Waals surface area contributed by atoms with Gasteiger partial charge in [0.1, 0.15) is 6.73 Å². The summed E-state index contributed by atoms with van der Waals surface area (Å²) in [5.41, 5.74) is 0.997. The van der Waals surface area contributed by atoms with E-state index in [-0.39, 0.29) is 6.10 Å². The first-order valence-corrected chi connectivity index (χ1v) is 6.21. The highest BCUT2D eigenvalue weighted by Gasteiger charge is 2.21. The fourth-order valence-corrected chi connectivity index (χ4v) is 1.79. The molecule has 0 aromatic carbocycles. The molecular formula is C13H21NO2. The van der Waals surface area contributed by atoms with E-state index in [0.717, 1.165) is 30.9 Å². The summed E-state index contributed by atoms with van der Waals surface area (Å²) in [6.07, 6.45) is 8.11. The molecular weight excluding hydrogens is 202 g/mol. The first kappa shape index (κ1) is 11.7. The summed E-state index contributed by atoms with van der Waals surface area (Å²) in [7, 11) is 0. The molecule has 1 unspecified atom stereocenters. The van der Waals surface area contributed by atoms with Gasteiger partial charge in [0.15, 0.2) is 0 Å². The van der Waals surface area contributed by atoms with Crippen molar-refractivity contribution in [3.05, 3.63) is 24.0 Å². The van der Waals surface area contributed by atoms with Crippen molar-refractivity contribution in [2.24, 2.45) is 5.92 Å². The number of nitrogens with zero attached hydrogens (tertiary/aromatic N) is 1. The molecule has 3 nitrogen and oxygen atoms in total. The lowest BCUT2D eigenvalue weighted by Gasteiger charge is -2.07. The second kappa shape index (κ2) is 5.51. The van der Waals surface area contributed by atoms with Gasteiger partial charge in [-0.05, 0) is 36.8 Å². The number of aliphatic hydroxyl groups excluding tert-OH is 1. The van der Waals surface area contributed by atoms with E-state index in [4.69, 9.17) is 4.74 Å². The Kier molecular flexibility index (Phi) is 4.02. The highest BCUT2D eigenvalue weighted by Crippen LogP contribution is 2.28. The highest BCUT2D eigenvalue weighted by atomic mass is 16.5. The molecule has 1 aliphatic carbocycles. The average Bonchev–Trinajstić information content (AvgIpc) is 2.95. The minimum absolute atomic E-state index is 0.324. The van der Waals surface area contributed by atoms with Crippen LogP contribution in [-0.4, -0.2) is 16.3 Å². The van der Waals surface area contributed by atoms with Gasteiger partial charge in [-0.25, -0.2) is 0 Å². The van der Waals surface area contributed by atoms with Crippen molar-refractivity contribution in [1.82, 2.24) is 4.57 Å². The number of hydrogen-bond donors (Lipinski definition) is 1. The molecule has 0 bridgehead atoms. The third-order valence-corrected chi connectivity index (χ3v) is 3.01. The summed E-state index contributed by atoms with van der Waals surface area (Å²) >= 11 is 0. The quantitative estimate of drug-likeness (QED) is 0.771. The molecule has 16 heavy (non-hydrogen) atoms. The first-order valence-electron chi connectivity index (χ1n) is 6.21. The molecule has 0 saturated heterocycles. The molecule has 3 heteroatoms. The Balaban J connectivity index is 1.76. The van der Waals surface area contributed by atoms with E-state index < -0.39 is 0 Å². The minimum atomic E-state index is -0.324. The van der Waals surface area contributed by atoms with E-state index in [1.54, 1.807) is 0 Å². The Bertz CT molecular complexity index is 317. The number of aliphatic hydroxyl groups is 1. The summed E-state index contributed by atoms with van der Waals surface area (Å²) in [5.74, 6) is 0.806. The molecule has 0 amide bonds. The van der Waals surface area contributed by atoms with Crippen LogP contribution in [0.2, 0.25) is 0 Å². The van der Waals surface area contributed by atoms with E-state index in [2.05, 4.69) is 6.92 Å². The SMILES string of the molecule is CCCC(O)c1ccn(COCC2CC2)c1. The summed E-state index contributed by atoms with van der Waals surface area (Å²) in [6, 6.07) is 1.97. The van der Waals surface area contributed by atoms with Gasteiger partial charge in [-0.15, -0.1) is 0 Å². The normalized spacial score (nSPS) is 17.6. The molecule has 0 aliphatic heterocycles. The van der Waals surface area contributed by atoms with E-state index in [1.165, 1.54) is 12.8 Å². The van der Waals surface area contributed by atoms with E-state index in [9.17, 15) is 5.11 Å². The topological polar surface area (TPSA) is 34.4 Å². The maximum atomic E-state index is 9.80.